The van der Waals surface area contributed by atoms with E-state index in [0.717, 1.165) is 10.0 Å². The highest BCUT2D eigenvalue weighted by Crippen LogP contribution is 2.40. The van der Waals surface area contributed by atoms with E-state index in [1.54, 1.807) is 12.3 Å². The lowest BCUT2D eigenvalue weighted by Crippen LogP contribution is -1.95. The largest absolute Gasteiger partial charge is 0.504 e. The maximum atomic E-state index is 10.5. The van der Waals surface area contributed by atoms with E-state index in [0.29, 0.717) is 56.5 Å². The van der Waals surface area contributed by atoms with Crippen LogP contribution in [0.2, 0.25) is 5.02 Å². The van der Waals surface area contributed by atoms with Gasteiger partial charge in [0.15, 0.2) is 23.0 Å². The monoisotopic (exact) mass is 562 g/mol. The van der Waals surface area contributed by atoms with Gasteiger partial charge in [0.1, 0.15) is 5.52 Å². The van der Waals surface area contributed by atoms with Crippen LogP contribution < -0.4 is 4.74 Å². The van der Waals surface area contributed by atoms with Crippen LogP contribution >= 0.6 is 43.5 Å². The van der Waals surface area contributed by atoms with Gasteiger partial charge in [0.2, 0.25) is 0 Å². The molecule has 0 fully saturated rings. The van der Waals surface area contributed by atoms with E-state index in [4.69, 9.17) is 20.8 Å². The molecule has 4 aromatic rings. The molecule has 3 aromatic carbocycles. The zero-order valence-corrected chi connectivity index (χ0v) is 20.3. The minimum atomic E-state index is 0.0217. The van der Waals surface area contributed by atoms with Crippen molar-refractivity contribution in [2.45, 2.75) is 13.3 Å². The molecule has 1 aromatic heterocycles. The molecule has 8 heteroatoms. The van der Waals surface area contributed by atoms with Crippen LogP contribution in [-0.4, -0.2) is 22.9 Å². The van der Waals surface area contributed by atoms with E-state index >= 15 is 0 Å². The van der Waals surface area contributed by atoms with E-state index in [-0.39, 0.29) is 5.75 Å². The minimum Gasteiger partial charge on any atom is -0.504 e. The lowest BCUT2D eigenvalue weighted by Gasteiger charge is -2.11. The summed E-state index contributed by atoms with van der Waals surface area (Å²) >= 11 is 12.9. The molecule has 0 atom stereocenters. The molecular weight excluding hydrogens is 548 g/mol. The number of hydrogen-bond acceptors (Lipinski definition) is 5. The SMILES string of the molecule is CCOc1cc(Br)c(Br)c(C=Nc2ccc3oc(Cc4ccc(Cl)cc4)nc3c2)c1O. The maximum absolute atomic E-state index is 10.5. The molecule has 0 radical (unpaired) electrons. The van der Waals surface area contributed by atoms with Crippen LogP contribution in [0.15, 0.2) is 66.9 Å². The Morgan fingerprint density at radius 2 is 1.94 bits per heavy atom. The molecule has 1 N–H and O–H groups in total. The third-order valence-corrected chi connectivity index (χ3v) is 6.78. The third kappa shape index (κ3) is 4.95. The van der Waals surface area contributed by atoms with Crippen molar-refractivity contribution in [3.63, 3.8) is 0 Å². The second-order valence-electron chi connectivity index (χ2n) is 6.69. The van der Waals surface area contributed by atoms with Gasteiger partial charge >= 0.3 is 0 Å². The van der Waals surface area contributed by atoms with E-state index < -0.39 is 0 Å². The minimum absolute atomic E-state index is 0.0217. The van der Waals surface area contributed by atoms with Gasteiger partial charge < -0.3 is 14.3 Å². The van der Waals surface area contributed by atoms with Crippen molar-refractivity contribution in [2.24, 2.45) is 4.99 Å². The van der Waals surface area contributed by atoms with Gasteiger partial charge in [0.05, 0.1) is 17.9 Å². The van der Waals surface area contributed by atoms with Crippen LogP contribution in [0.5, 0.6) is 11.5 Å². The molecule has 0 amide bonds. The summed E-state index contributed by atoms with van der Waals surface area (Å²) in [6.45, 7) is 2.30. The standard InChI is InChI=1S/C23H17Br2ClN2O3/c1-2-30-20-11-17(24)22(25)16(23(20)29)12-27-15-7-8-19-18(10-15)28-21(31-19)9-13-3-5-14(26)6-4-13/h3-8,10-12,29H,2,9H2,1H3. The predicted octanol–water partition coefficient (Wildman–Crippen LogP) is 7.45. The summed E-state index contributed by atoms with van der Waals surface area (Å²) in [5.74, 6) is 1.03. The van der Waals surface area contributed by atoms with Gasteiger partial charge in [-0.25, -0.2) is 4.98 Å². The van der Waals surface area contributed by atoms with Gasteiger partial charge in [-0.05, 0) is 80.7 Å². The van der Waals surface area contributed by atoms with Crippen molar-refractivity contribution in [3.8, 4) is 11.5 Å². The molecule has 0 saturated carbocycles. The second-order valence-corrected chi connectivity index (χ2v) is 8.77. The first-order valence-electron chi connectivity index (χ1n) is 9.46. The molecular formula is C23H17Br2ClN2O3. The van der Waals surface area contributed by atoms with Crippen molar-refractivity contribution in [3.05, 3.63) is 79.5 Å². The van der Waals surface area contributed by atoms with Gasteiger partial charge in [-0.3, -0.25) is 4.99 Å². The summed E-state index contributed by atoms with van der Waals surface area (Å²) < 4.78 is 12.8. The fraction of sp³-hybridized carbons (Fsp3) is 0.130. The van der Waals surface area contributed by atoms with Crippen LogP contribution in [0.1, 0.15) is 23.9 Å². The summed E-state index contributed by atoms with van der Waals surface area (Å²) in [4.78, 5) is 9.08. The van der Waals surface area contributed by atoms with Gasteiger partial charge in [-0.2, -0.15) is 0 Å². The first-order valence-corrected chi connectivity index (χ1v) is 11.4. The normalized spacial score (nSPS) is 11.5. The fourth-order valence-electron chi connectivity index (χ4n) is 3.03. The molecule has 0 unspecified atom stereocenters. The summed E-state index contributed by atoms with van der Waals surface area (Å²) in [5, 5.41) is 11.2. The topological polar surface area (TPSA) is 67.9 Å². The highest BCUT2D eigenvalue weighted by atomic mass is 79.9. The van der Waals surface area contributed by atoms with Crippen LogP contribution in [0.25, 0.3) is 11.1 Å². The Morgan fingerprint density at radius 1 is 1.16 bits per heavy atom. The van der Waals surface area contributed by atoms with E-state index in [9.17, 15) is 5.11 Å². The number of nitrogens with zero attached hydrogens (tertiary/aromatic N) is 2. The lowest BCUT2D eigenvalue weighted by molar-refractivity contribution is 0.317. The zero-order chi connectivity index (χ0) is 22.0. The van der Waals surface area contributed by atoms with Gasteiger partial charge in [-0.15, -0.1) is 0 Å². The average molecular weight is 565 g/mol. The number of rotatable bonds is 6. The van der Waals surface area contributed by atoms with Crippen LogP contribution in [0.3, 0.4) is 0 Å². The number of benzene rings is 3. The molecule has 0 saturated heterocycles. The Hall–Kier alpha value is -2.35. The Kier molecular flexibility index (Phi) is 6.65. The molecule has 0 aliphatic rings. The number of oxazole rings is 1. The predicted molar refractivity (Wildman–Crippen MR) is 130 cm³/mol. The summed E-state index contributed by atoms with van der Waals surface area (Å²) in [6, 6.07) is 14.8. The summed E-state index contributed by atoms with van der Waals surface area (Å²) in [6.07, 6.45) is 2.16. The summed E-state index contributed by atoms with van der Waals surface area (Å²) in [7, 11) is 0. The molecule has 4 rings (SSSR count). The number of aliphatic imine (C=N–C) groups is 1. The first kappa shape index (κ1) is 21.9. The van der Waals surface area contributed by atoms with E-state index in [1.165, 1.54) is 0 Å². The number of aromatic hydroxyl groups is 1. The van der Waals surface area contributed by atoms with Gasteiger partial charge in [0.25, 0.3) is 0 Å². The lowest BCUT2D eigenvalue weighted by atomic mass is 10.1. The number of ether oxygens (including phenoxy) is 1. The Balaban J connectivity index is 1.61. The number of phenols is 1. The zero-order valence-electron chi connectivity index (χ0n) is 16.4. The van der Waals surface area contributed by atoms with Crippen LogP contribution in [0, 0.1) is 0 Å². The summed E-state index contributed by atoms with van der Waals surface area (Å²) in [5.41, 5.74) is 3.66. The molecule has 0 aliphatic heterocycles. The number of hydrogen-bond donors (Lipinski definition) is 1. The van der Waals surface area contributed by atoms with Crippen molar-refractivity contribution in [1.29, 1.82) is 0 Å². The molecule has 5 nitrogen and oxygen atoms in total. The highest BCUT2D eigenvalue weighted by Gasteiger charge is 2.15. The molecule has 31 heavy (non-hydrogen) atoms. The average Bonchev–Trinajstić information content (AvgIpc) is 3.15. The maximum Gasteiger partial charge on any atom is 0.199 e. The number of phenolic OH excluding ortho intramolecular Hbond substituents is 1. The quantitative estimate of drug-likeness (QED) is 0.247. The second kappa shape index (κ2) is 9.42. The van der Waals surface area contributed by atoms with Crippen LogP contribution in [-0.2, 0) is 6.42 Å². The van der Waals surface area contributed by atoms with Crippen molar-refractivity contribution in [1.82, 2.24) is 4.98 Å². The van der Waals surface area contributed by atoms with Crippen LogP contribution in [0.4, 0.5) is 5.69 Å². The molecule has 1 heterocycles. The van der Waals surface area contributed by atoms with Crippen molar-refractivity contribution >= 4 is 66.5 Å². The first-order chi connectivity index (χ1) is 14.9. The third-order valence-electron chi connectivity index (χ3n) is 4.52. The Bertz CT molecular complexity index is 1270. The number of halogens is 3. The number of aromatic nitrogens is 1. The molecule has 0 spiro atoms. The molecule has 158 valence electrons. The molecule has 0 bridgehead atoms. The Labute approximate surface area is 201 Å². The fourth-order valence-corrected chi connectivity index (χ4v) is 3.98. The van der Waals surface area contributed by atoms with Gasteiger partial charge in [0, 0.05) is 26.6 Å². The van der Waals surface area contributed by atoms with E-state index in [1.807, 2.05) is 49.4 Å². The Morgan fingerprint density at radius 3 is 2.68 bits per heavy atom. The highest BCUT2D eigenvalue weighted by molar-refractivity contribution is 9.13. The van der Waals surface area contributed by atoms with Gasteiger partial charge in [-0.1, -0.05) is 23.7 Å². The number of fused-ring (bicyclic) bond motifs is 1. The molecule has 0 aliphatic carbocycles. The van der Waals surface area contributed by atoms with E-state index in [2.05, 4.69) is 41.8 Å². The smallest absolute Gasteiger partial charge is 0.199 e. The van der Waals surface area contributed by atoms with Crippen molar-refractivity contribution < 1.29 is 14.3 Å². The van der Waals surface area contributed by atoms with Crippen molar-refractivity contribution in [2.75, 3.05) is 6.61 Å².